The van der Waals surface area contributed by atoms with E-state index in [2.05, 4.69) is 27.7 Å². The van der Waals surface area contributed by atoms with Crippen molar-refractivity contribution in [3.05, 3.63) is 12.2 Å². The van der Waals surface area contributed by atoms with Crippen LogP contribution in [0.3, 0.4) is 0 Å². The number of nitrogens with zero attached hydrogens (tertiary/aromatic N) is 1. The summed E-state index contributed by atoms with van der Waals surface area (Å²) in [7, 11) is 0. The van der Waals surface area contributed by atoms with E-state index in [4.69, 9.17) is 10.2 Å². The van der Waals surface area contributed by atoms with Crippen LogP contribution in [0, 0.1) is 0 Å². The van der Waals surface area contributed by atoms with Crippen LogP contribution < -0.4 is 0 Å². The summed E-state index contributed by atoms with van der Waals surface area (Å²) in [6.07, 6.45) is 9.36. The Labute approximate surface area is 190 Å². The third kappa shape index (κ3) is 18.6. The van der Waals surface area contributed by atoms with Crippen LogP contribution >= 0.6 is 0 Å². The van der Waals surface area contributed by atoms with Gasteiger partial charge in [0.2, 0.25) is 0 Å². The van der Waals surface area contributed by atoms with Crippen LogP contribution in [0.2, 0.25) is 0 Å². The van der Waals surface area contributed by atoms with Gasteiger partial charge in [-0.15, -0.1) is 0 Å². The topological polar surface area (TPSA) is 74.6 Å². The van der Waals surface area contributed by atoms with Crippen LogP contribution in [0.5, 0.6) is 0 Å². The first-order chi connectivity index (χ1) is 10.9. The molecule has 0 spiro atoms. The third-order valence-electron chi connectivity index (χ3n) is 4.00. The number of quaternary nitrogens is 1. The molecule has 0 fully saturated rings. The molecule has 6 heteroatoms. The molecule has 0 atom stereocenters. The molecule has 0 bridgehead atoms. The number of hydrogen-bond acceptors (Lipinski definition) is 2. The van der Waals surface area contributed by atoms with Gasteiger partial charge in [-0.1, -0.05) is 40.0 Å². The summed E-state index contributed by atoms with van der Waals surface area (Å²) in [5.41, 5.74) is 0. The van der Waals surface area contributed by atoms with Crippen molar-refractivity contribution in [1.29, 1.82) is 0 Å². The molecule has 0 aromatic carbocycles. The van der Waals surface area contributed by atoms with Gasteiger partial charge in [-0.25, -0.2) is 9.59 Å². The van der Waals surface area contributed by atoms with Gasteiger partial charge < -0.3 is 14.7 Å². The van der Waals surface area contributed by atoms with Crippen molar-refractivity contribution in [2.45, 2.75) is 66.2 Å². The first-order valence-corrected chi connectivity index (χ1v) is 8.86. The molecule has 24 heavy (non-hydrogen) atoms. The van der Waals surface area contributed by atoms with Crippen molar-refractivity contribution in [1.82, 2.24) is 0 Å². The van der Waals surface area contributed by atoms with E-state index in [-0.39, 0.29) is 51.4 Å². The van der Waals surface area contributed by atoms with Crippen molar-refractivity contribution in [2.75, 3.05) is 26.2 Å². The number of unbranched alkanes of at least 4 members (excludes halogenated alkanes) is 3. The van der Waals surface area contributed by atoms with E-state index in [9.17, 15) is 9.59 Å². The van der Waals surface area contributed by atoms with Gasteiger partial charge in [0.05, 0.1) is 26.2 Å². The van der Waals surface area contributed by atoms with Crippen LogP contribution in [0.15, 0.2) is 12.2 Å². The molecule has 2 N–H and O–H groups in total. The van der Waals surface area contributed by atoms with Crippen molar-refractivity contribution < 1.29 is 24.3 Å². The molecule has 0 saturated heterocycles. The molecule has 0 unspecified atom stereocenters. The Balaban J connectivity index is -0.000000419. The summed E-state index contributed by atoms with van der Waals surface area (Å²) >= 11 is 0. The molecule has 0 aliphatic rings. The molecule has 5 nitrogen and oxygen atoms in total. The number of carboxylic acids is 2. The Kier molecular flexibility index (Phi) is 23.7. The number of rotatable bonds is 12. The normalized spacial score (nSPS) is 10.7. The van der Waals surface area contributed by atoms with Crippen molar-refractivity contribution >= 4 is 63.3 Å². The van der Waals surface area contributed by atoms with Gasteiger partial charge in [0, 0.05) is 12.2 Å². The second-order valence-corrected chi connectivity index (χ2v) is 5.90. The molecule has 0 radical (unpaired) electrons. The predicted octanol–water partition coefficient (Wildman–Crippen LogP) is 3.29. The molecule has 0 aliphatic heterocycles. The van der Waals surface area contributed by atoms with E-state index < -0.39 is 11.9 Å². The molecule has 0 aromatic heterocycles. The fourth-order valence-electron chi connectivity index (χ4n) is 2.43. The Bertz CT molecular complexity index is 308. The maximum atomic E-state index is 9.55. The van der Waals surface area contributed by atoms with E-state index in [0.29, 0.717) is 12.2 Å². The molecule has 0 heterocycles. The van der Waals surface area contributed by atoms with E-state index in [1.807, 2.05) is 0 Å². The average molecular weight is 371 g/mol. The summed E-state index contributed by atoms with van der Waals surface area (Å²) < 4.78 is 1.38. The molecular weight excluding hydrogens is 333 g/mol. The molecule has 0 amide bonds. The van der Waals surface area contributed by atoms with Crippen LogP contribution in [0.25, 0.3) is 0 Å². The van der Waals surface area contributed by atoms with Crippen LogP contribution in [0.4, 0.5) is 0 Å². The molecule has 138 valence electrons. The van der Waals surface area contributed by atoms with E-state index in [1.54, 1.807) is 0 Å². The van der Waals surface area contributed by atoms with E-state index >= 15 is 0 Å². The van der Waals surface area contributed by atoms with E-state index in [0.717, 1.165) is 0 Å². The van der Waals surface area contributed by atoms with Gasteiger partial charge in [0.25, 0.3) is 0 Å². The molecule has 0 rings (SSSR count). The van der Waals surface area contributed by atoms with Crippen LogP contribution in [-0.4, -0.2) is 104 Å². The Hall–Kier alpha value is 0.276. The Morgan fingerprint density at radius 2 is 1.04 bits per heavy atom. The molecule has 0 aliphatic carbocycles. The third-order valence-corrected chi connectivity index (χ3v) is 4.00. The van der Waals surface area contributed by atoms with Crippen molar-refractivity contribution in [3.63, 3.8) is 0 Å². The monoisotopic (exact) mass is 370 g/mol. The fraction of sp³-hybridized carbons (Fsp3) is 0.778. The molecule has 0 aromatic rings. The zero-order valence-electron chi connectivity index (χ0n) is 15.4. The predicted molar refractivity (Wildman–Crippen MR) is 102 cm³/mol. The SMILES string of the molecule is CCCC[N+](CC)(CCCC)CCCC.O=C(O)/C=C\C(=O)O.[KH]. The molecular formula is C18H37KNO4+. The van der Waals surface area contributed by atoms with Gasteiger partial charge in [0.15, 0.2) is 0 Å². The van der Waals surface area contributed by atoms with Gasteiger partial charge >= 0.3 is 63.3 Å². The van der Waals surface area contributed by atoms with Crippen LogP contribution in [0.1, 0.15) is 66.2 Å². The second kappa shape index (κ2) is 19.6. The minimum absolute atomic E-state index is 0. The van der Waals surface area contributed by atoms with Crippen LogP contribution in [-0.2, 0) is 9.59 Å². The standard InChI is InChI=1S/C14H32N.C4H4O4.K.H/c1-5-9-12-15(8-4,13-10-6-2)14-11-7-3;5-3(6)1-2-4(7)8;;/h5-14H2,1-4H3;1-2H,(H,5,6)(H,7,8);;/q+1;;;/b;2-1-;;. The Morgan fingerprint density at radius 3 is 1.21 bits per heavy atom. The maximum absolute atomic E-state index is 9.55. The summed E-state index contributed by atoms with van der Waals surface area (Å²) in [6, 6.07) is 0. The van der Waals surface area contributed by atoms with Crippen molar-refractivity contribution in [2.24, 2.45) is 0 Å². The number of carbonyl (C=O) groups is 2. The minimum atomic E-state index is -1.26. The van der Waals surface area contributed by atoms with Gasteiger partial charge in [-0.3, -0.25) is 0 Å². The molecule has 0 saturated carbocycles. The zero-order valence-corrected chi connectivity index (χ0v) is 15.4. The summed E-state index contributed by atoms with van der Waals surface area (Å²) in [6.45, 7) is 14.9. The second-order valence-electron chi connectivity index (χ2n) is 5.90. The van der Waals surface area contributed by atoms with Gasteiger partial charge in [-0.2, -0.15) is 0 Å². The Morgan fingerprint density at radius 1 is 0.750 bits per heavy atom. The quantitative estimate of drug-likeness (QED) is 0.314. The first-order valence-electron chi connectivity index (χ1n) is 8.86. The first kappa shape index (κ1) is 29.1. The number of carboxylic acid groups (broad SMARTS) is 2. The van der Waals surface area contributed by atoms with Gasteiger partial charge in [0.1, 0.15) is 0 Å². The number of aliphatic carboxylic acids is 2. The zero-order chi connectivity index (χ0) is 18.1. The average Bonchev–Trinajstić information content (AvgIpc) is 2.53. The number of hydrogen-bond donors (Lipinski definition) is 2. The summed E-state index contributed by atoms with van der Waals surface area (Å²) in [5, 5.41) is 15.6. The summed E-state index contributed by atoms with van der Waals surface area (Å²) in [5.74, 6) is -2.51. The van der Waals surface area contributed by atoms with E-state index in [1.165, 1.54) is 69.2 Å². The summed E-state index contributed by atoms with van der Waals surface area (Å²) in [4.78, 5) is 19.1. The fourth-order valence-corrected chi connectivity index (χ4v) is 2.43. The van der Waals surface area contributed by atoms with Gasteiger partial charge in [-0.05, 0) is 26.2 Å². The van der Waals surface area contributed by atoms with Crippen molar-refractivity contribution in [3.8, 4) is 0 Å².